The summed E-state index contributed by atoms with van der Waals surface area (Å²) in [4.78, 5) is 3.78. The molecule has 7 nitrogen and oxygen atoms in total. The fourth-order valence-corrected chi connectivity index (χ4v) is 6.17. The van der Waals surface area contributed by atoms with E-state index in [0.717, 1.165) is 12.7 Å². The third-order valence-corrected chi connectivity index (χ3v) is 8.08. The van der Waals surface area contributed by atoms with Crippen LogP contribution in [0.25, 0.3) is 0 Å². The van der Waals surface area contributed by atoms with Gasteiger partial charge >= 0.3 is 0 Å². The third-order valence-electron chi connectivity index (χ3n) is 4.87. The highest BCUT2D eigenvalue weighted by molar-refractivity contribution is 7.92. The van der Waals surface area contributed by atoms with Crippen molar-refractivity contribution in [3.8, 4) is 0 Å². The molecule has 0 amide bonds. The molecule has 0 aliphatic carbocycles. The van der Waals surface area contributed by atoms with E-state index in [-0.39, 0.29) is 23.3 Å². The smallest absolute Gasteiger partial charge is 0.240 e. The largest absolute Gasteiger partial charge is 0.291 e. The highest BCUT2D eigenvalue weighted by atomic mass is 35.5. The lowest BCUT2D eigenvalue weighted by atomic mass is 9.97. The molecule has 0 saturated carbocycles. The maximum atomic E-state index is 12.5. The van der Waals surface area contributed by atoms with Gasteiger partial charge in [-0.2, -0.15) is 0 Å². The number of rotatable bonds is 7. The summed E-state index contributed by atoms with van der Waals surface area (Å²) in [6.45, 7) is 5.25. The third kappa shape index (κ3) is 5.93. The Kier molecular flexibility index (Phi) is 7.74. The van der Waals surface area contributed by atoms with Crippen LogP contribution in [0.3, 0.4) is 0 Å². The van der Waals surface area contributed by atoms with Crippen molar-refractivity contribution in [1.82, 2.24) is 9.62 Å². The summed E-state index contributed by atoms with van der Waals surface area (Å²) >= 11 is 1.75. The average molecular weight is 480 g/mol. The van der Waals surface area contributed by atoms with Crippen LogP contribution in [0, 0.1) is 0 Å². The number of thiophene rings is 1. The Morgan fingerprint density at radius 1 is 1.10 bits per heavy atom. The number of fused-ring (bicyclic) bond motifs is 1. The number of benzene rings is 1. The molecule has 29 heavy (non-hydrogen) atoms. The molecule has 3 rings (SSSR count). The van der Waals surface area contributed by atoms with Crippen LogP contribution in [-0.4, -0.2) is 47.1 Å². The normalized spacial score (nSPS) is 20.0. The molecule has 2 heterocycles. The zero-order chi connectivity index (χ0) is 20.5. The summed E-state index contributed by atoms with van der Waals surface area (Å²) < 4.78 is 52.5. The van der Waals surface area contributed by atoms with Gasteiger partial charge in [-0.05, 0) is 61.5 Å². The van der Waals surface area contributed by atoms with Crippen molar-refractivity contribution in [3.63, 3.8) is 0 Å². The zero-order valence-electron chi connectivity index (χ0n) is 16.5. The summed E-state index contributed by atoms with van der Waals surface area (Å²) in [7, 11) is -7.06. The van der Waals surface area contributed by atoms with E-state index in [1.165, 1.54) is 34.7 Å². The maximum absolute atomic E-state index is 12.5. The lowest BCUT2D eigenvalue weighted by Gasteiger charge is -2.38. The number of hydrogen-bond acceptors (Lipinski definition) is 6. The van der Waals surface area contributed by atoms with Gasteiger partial charge in [0.15, 0.2) is 0 Å². The molecule has 0 bridgehead atoms. The van der Waals surface area contributed by atoms with Gasteiger partial charge in [0, 0.05) is 35.7 Å². The van der Waals surface area contributed by atoms with Crippen LogP contribution in [-0.2, 0) is 26.5 Å². The Morgan fingerprint density at radius 2 is 1.76 bits per heavy atom. The van der Waals surface area contributed by atoms with Gasteiger partial charge in [0.1, 0.15) is 0 Å². The molecule has 0 fully saturated rings. The van der Waals surface area contributed by atoms with E-state index in [4.69, 9.17) is 0 Å². The quantitative estimate of drug-likeness (QED) is 0.636. The molecule has 0 radical (unpaired) electrons. The van der Waals surface area contributed by atoms with Gasteiger partial charge in [-0.25, -0.2) is 21.6 Å². The molecule has 0 saturated heterocycles. The molecule has 1 aromatic carbocycles. The monoisotopic (exact) mass is 479 g/mol. The standard InChI is InChI=1S/C18H25N3O4S3.ClH/c1-13-12-15-8-11-26-18(15)14(2)21(13)10-9-19-28(24,25)17-6-4-16(5-7-17)20-27(3,22)23;/h4-8,11,13-14,19-20H,9-10,12H2,1-3H3;1H. The highest BCUT2D eigenvalue weighted by Crippen LogP contribution is 2.35. The van der Waals surface area contributed by atoms with E-state index in [1.807, 2.05) is 0 Å². The number of nitrogens with zero attached hydrogens (tertiary/aromatic N) is 1. The molecule has 0 spiro atoms. The van der Waals surface area contributed by atoms with E-state index < -0.39 is 20.0 Å². The SMILES string of the molecule is CC1Cc2ccsc2C(C)N1CCNS(=O)(=O)c1ccc(NS(C)(=O)=O)cc1.Cl. The molecule has 2 unspecified atom stereocenters. The summed E-state index contributed by atoms with van der Waals surface area (Å²) in [6.07, 6.45) is 2.02. The van der Waals surface area contributed by atoms with Crippen LogP contribution in [0.1, 0.15) is 30.3 Å². The maximum Gasteiger partial charge on any atom is 0.240 e. The molecule has 2 atom stereocenters. The van der Waals surface area contributed by atoms with Gasteiger partial charge in [0.05, 0.1) is 11.2 Å². The summed E-state index contributed by atoms with van der Waals surface area (Å²) in [5.41, 5.74) is 1.72. The van der Waals surface area contributed by atoms with Crippen molar-refractivity contribution in [2.75, 3.05) is 24.1 Å². The predicted octanol–water partition coefficient (Wildman–Crippen LogP) is 2.83. The Balaban J connectivity index is 0.00000300. The van der Waals surface area contributed by atoms with Crippen molar-refractivity contribution in [1.29, 1.82) is 0 Å². The van der Waals surface area contributed by atoms with Gasteiger partial charge < -0.3 is 0 Å². The first-order valence-corrected chi connectivity index (χ1v) is 13.2. The Bertz CT molecular complexity index is 1040. The lowest BCUT2D eigenvalue weighted by Crippen LogP contribution is -2.44. The zero-order valence-corrected chi connectivity index (χ0v) is 19.7. The van der Waals surface area contributed by atoms with E-state index in [9.17, 15) is 16.8 Å². The second kappa shape index (κ2) is 9.32. The van der Waals surface area contributed by atoms with Gasteiger partial charge in [-0.3, -0.25) is 9.62 Å². The van der Waals surface area contributed by atoms with Crippen LogP contribution in [0.15, 0.2) is 40.6 Å². The van der Waals surface area contributed by atoms with Crippen molar-refractivity contribution < 1.29 is 16.8 Å². The molecule has 11 heteroatoms. The van der Waals surface area contributed by atoms with Crippen LogP contribution in [0.5, 0.6) is 0 Å². The molecular formula is C18H26ClN3O4S3. The molecule has 2 N–H and O–H groups in total. The van der Waals surface area contributed by atoms with Crippen LogP contribution >= 0.6 is 23.7 Å². The second-order valence-electron chi connectivity index (χ2n) is 7.07. The first-order chi connectivity index (χ1) is 13.1. The highest BCUT2D eigenvalue weighted by Gasteiger charge is 2.30. The summed E-state index contributed by atoms with van der Waals surface area (Å²) in [5.74, 6) is 0. The van der Waals surface area contributed by atoms with Crippen LogP contribution in [0.2, 0.25) is 0 Å². The van der Waals surface area contributed by atoms with Gasteiger partial charge in [-0.1, -0.05) is 0 Å². The van der Waals surface area contributed by atoms with Gasteiger partial charge in [0.2, 0.25) is 20.0 Å². The molecular weight excluding hydrogens is 454 g/mol. The van der Waals surface area contributed by atoms with E-state index in [0.29, 0.717) is 24.8 Å². The van der Waals surface area contributed by atoms with Crippen molar-refractivity contribution in [2.24, 2.45) is 0 Å². The Labute approximate surface area is 183 Å². The average Bonchev–Trinajstić information content (AvgIpc) is 3.05. The summed E-state index contributed by atoms with van der Waals surface area (Å²) in [5, 5.41) is 2.11. The first kappa shape index (κ1) is 24.1. The minimum Gasteiger partial charge on any atom is -0.291 e. The molecule has 1 aliphatic rings. The fraction of sp³-hybridized carbons (Fsp3) is 0.444. The number of anilines is 1. The van der Waals surface area contributed by atoms with Crippen molar-refractivity contribution in [3.05, 3.63) is 46.2 Å². The molecule has 1 aromatic heterocycles. The number of halogens is 1. The number of hydrogen-bond donors (Lipinski definition) is 2. The number of nitrogens with one attached hydrogen (secondary N) is 2. The molecule has 2 aromatic rings. The second-order valence-corrected chi connectivity index (χ2v) is 11.5. The predicted molar refractivity (Wildman–Crippen MR) is 120 cm³/mol. The van der Waals surface area contributed by atoms with Crippen LogP contribution in [0.4, 0.5) is 5.69 Å². The van der Waals surface area contributed by atoms with Crippen LogP contribution < -0.4 is 9.44 Å². The van der Waals surface area contributed by atoms with E-state index in [2.05, 4.69) is 39.6 Å². The Morgan fingerprint density at radius 3 is 2.38 bits per heavy atom. The van der Waals surface area contributed by atoms with Crippen molar-refractivity contribution in [2.45, 2.75) is 37.2 Å². The summed E-state index contributed by atoms with van der Waals surface area (Å²) in [6, 6.07) is 8.44. The number of sulfonamides is 2. The minimum absolute atomic E-state index is 0. The fourth-order valence-electron chi connectivity index (χ4n) is 3.57. The topological polar surface area (TPSA) is 95.6 Å². The van der Waals surface area contributed by atoms with Crippen molar-refractivity contribution >= 4 is 49.5 Å². The Hall–Kier alpha value is -1.17. The first-order valence-electron chi connectivity index (χ1n) is 8.96. The molecule has 1 aliphatic heterocycles. The van der Waals surface area contributed by atoms with Gasteiger partial charge in [0.25, 0.3) is 0 Å². The molecule has 162 valence electrons. The lowest BCUT2D eigenvalue weighted by molar-refractivity contribution is 0.145. The van der Waals surface area contributed by atoms with E-state index >= 15 is 0 Å². The van der Waals surface area contributed by atoms with E-state index in [1.54, 1.807) is 11.3 Å². The van der Waals surface area contributed by atoms with Gasteiger partial charge in [-0.15, -0.1) is 23.7 Å². The minimum atomic E-state index is -3.66.